The minimum atomic E-state index is -0.114. The van der Waals surface area contributed by atoms with Crippen molar-refractivity contribution >= 4 is 17.3 Å². The van der Waals surface area contributed by atoms with E-state index in [4.69, 9.17) is 10.5 Å². The minimum absolute atomic E-state index is 0.114. The Bertz CT molecular complexity index is 470. The molecule has 5 nitrogen and oxygen atoms in total. The van der Waals surface area contributed by atoms with Crippen LogP contribution < -0.4 is 16.0 Å². The van der Waals surface area contributed by atoms with Crippen LogP contribution in [0.4, 0.5) is 11.4 Å². The molecular formula is C15H23N3O2. The van der Waals surface area contributed by atoms with E-state index in [0.29, 0.717) is 24.4 Å². The first-order valence-electron chi connectivity index (χ1n) is 7.00. The molecule has 1 amide bonds. The Kier molecular flexibility index (Phi) is 4.84. The second-order valence-electron chi connectivity index (χ2n) is 5.44. The molecule has 1 aromatic rings. The molecule has 1 aliphatic carbocycles. The van der Waals surface area contributed by atoms with Crippen molar-refractivity contribution in [2.24, 2.45) is 5.92 Å². The molecular weight excluding hydrogens is 254 g/mol. The number of nitrogen functional groups attached to an aromatic ring is 1. The van der Waals surface area contributed by atoms with Gasteiger partial charge in [0.15, 0.2) is 0 Å². The summed E-state index contributed by atoms with van der Waals surface area (Å²) < 4.78 is 5.47. The van der Waals surface area contributed by atoms with Gasteiger partial charge < -0.3 is 20.7 Å². The van der Waals surface area contributed by atoms with E-state index < -0.39 is 0 Å². The van der Waals surface area contributed by atoms with Crippen LogP contribution in [0.1, 0.15) is 23.2 Å². The molecule has 2 rings (SSSR count). The van der Waals surface area contributed by atoms with Gasteiger partial charge in [-0.2, -0.15) is 0 Å². The van der Waals surface area contributed by atoms with Gasteiger partial charge in [-0.3, -0.25) is 4.79 Å². The molecule has 1 saturated carbocycles. The quantitative estimate of drug-likeness (QED) is 0.585. The number of nitrogens with two attached hydrogens (primary N) is 1. The number of amides is 1. The van der Waals surface area contributed by atoms with E-state index in [9.17, 15) is 4.79 Å². The Labute approximate surface area is 120 Å². The molecule has 1 fully saturated rings. The average molecular weight is 277 g/mol. The summed E-state index contributed by atoms with van der Waals surface area (Å²) in [4.78, 5) is 13.9. The highest BCUT2D eigenvalue weighted by Gasteiger charge is 2.20. The van der Waals surface area contributed by atoms with Gasteiger partial charge in [0, 0.05) is 32.8 Å². The van der Waals surface area contributed by atoms with Gasteiger partial charge >= 0.3 is 0 Å². The van der Waals surface area contributed by atoms with Crippen LogP contribution >= 0.6 is 0 Å². The molecule has 0 unspecified atom stereocenters. The molecule has 1 aromatic carbocycles. The summed E-state index contributed by atoms with van der Waals surface area (Å²) in [6.45, 7) is 1.91. The fourth-order valence-corrected chi connectivity index (χ4v) is 1.98. The zero-order valence-corrected chi connectivity index (χ0v) is 12.2. The normalized spacial score (nSPS) is 14.1. The van der Waals surface area contributed by atoms with E-state index in [2.05, 4.69) is 5.32 Å². The molecule has 0 aromatic heterocycles. The number of hydrogen-bond donors (Lipinski definition) is 2. The van der Waals surface area contributed by atoms with Crippen molar-refractivity contribution in [2.45, 2.75) is 12.8 Å². The number of hydrogen-bond acceptors (Lipinski definition) is 4. The van der Waals surface area contributed by atoms with Gasteiger partial charge in [-0.1, -0.05) is 0 Å². The van der Waals surface area contributed by atoms with Gasteiger partial charge in [0.25, 0.3) is 5.91 Å². The molecule has 1 aliphatic rings. The maximum atomic E-state index is 12.0. The Hall–Kier alpha value is -1.75. The number of ether oxygens (including phenoxy) is 1. The molecule has 0 aliphatic heterocycles. The largest absolute Gasteiger partial charge is 0.397 e. The predicted octanol–water partition coefficient (Wildman–Crippen LogP) is 1.49. The molecule has 5 heteroatoms. The number of nitrogens with one attached hydrogen (secondary N) is 1. The second kappa shape index (κ2) is 6.61. The van der Waals surface area contributed by atoms with Gasteiger partial charge in [0.1, 0.15) is 0 Å². The van der Waals surface area contributed by atoms with Gasteiger partial charge in [-0.05, 0) is 37.0 Å². The molecule has 0 bridgehead atoms. The fraction of sp³-hybridized carbons (Fsp3) is 0.533. The lowest BCUT2D eigenvalue weighted by atomic mass is 10.1. The number of carbonyl (C=O) groups is 1. The summed E-state index contributed by atoms with van der Waals surface area (Å²) in [5, 5.41) is 2.84. The van der Waals surface area contributed by atoms with Crippen LogP contribution in [0, 0.1) is 5.92 Å². The molecule has 0 atom stereocenters. The third kappa shape index (κ3) is 4.13. The number of nitrogens with zero attached hydrogens (tertiary/aromatic N) is 1. The molecule has 110 valence electrons. The third-order valence-corrected chi connectivity index (χ3v) is 3.35. The minimum Gasteiger partial charge on any atom is -0.397 e. The van der Waals surface area contributed by atoms with E-state index >= 15 is 0 Å². The SMILES string of the molecule is CN(C)c1ccc(C(=O)NCCOCC2CC2)cc1N. The topological polar surface area (TPSA) is 67.6 Å². The van der Waals surface area contributed by atoms with Crippen LogP contribution in [-0.4, -0.2) is 39.8 Å². The molecule has 3 N–H and O–H groups in total. The van der Waals surface area contributed by atoms with Crippen LogP contribution in [0.5, 0.6) is 0 Å². The maximum absolute atomic E-state index is 12.0. The van der Waals surface area contributed by atoms with Crippen molar-refractivity contribution < 1.29 is 9.53 Å². The van der Waals surface area contributed by atoms with Gasteiger partial charge in [-0.25, -0.2) is 0 Å². The van der Waals surface area contributed by atoms with Crippen molar-refractivity contribution in [1.82, 2.24) is 5.32 Å². The lowest BCUT2D eigenvalue weighted by Crippen LogP contribution is -2.27. The Morgan fingerprint density at radius 3 is 2.80 bits per heavy atom. The van der Waals surface area contributed by atoms with Gasteiger partial charge in [-0.15, -0.1) is 0 Å². The van der Waals surface area contributed by atoms with Gasteiger partial charge in [0.05, 0.1) is 18.0 Å². The standard InChI is InChI=1S/C15H23N3O2/c1-18(2)14-6-5-12(9-13(14)16)15(19)17-7-8-20-10-11-3-4-11/h5-6,9,11H,3-4,7-8,10,16H2,1-2H3,(H,17,19). The summed E-state index contributed by atoms with van der Waals surface area (Å²) in [5.74, 6) is 0.640. The molecule has 0 radical (unpaired) electrons. The van der Waals surface area contributed by atoms with Crippen molar-refractivity contribution in [3.63, 3.8) is 0 Å². The van der Waals surface area contributed by atoms with Crippen molar-refractivity contribution in [3.05, 3.63) is 23.8 Å². The first-order valence-corrected chi connectivity index (χ1v) is 7.00. The maximum Gasteiger partial charge on any atom is 0.251 e. The summed E-state index contributed by atoms with van der Waals surface area (Å²) in [5.41, 5.74) is 8.03. The van der Waals surface area contributed by atoms with E-state index in [0.717, 1.165) is 18.2 Å². The molecule has 0 heterocycles. The second-order valence-corrected chi connectivity index (χ2v) is 5.44. The van der Waals surface area contributed by atoms with Crippen LogP contribution in [0.15, 0.2) is 18.2 Å². The average Bonchev–Trinajstić information content (AvgIpc) is 3.21. The number of benzene rings is 1. The first-order chi connectivity index (χ1) is 9.58. The van der Waals surface area contributed by atoms with E-state index in [1.54, 1.807) is 12.1 Å². The summed E-state index contributed by atoms with van der Waals surface area (Å²) >= 11 is 0. The summed E-state index contributed by atoms with van der Waals surface area (Å²) in [7, 11) is 3.84. The zero-order chi connectivity index (χ0) is 14.5. The highest BCUT2D eigenvalue weighted by Crippen LogP contribution is 2.28. The van der Waals surface area contributed by atoms with E-state index in [1.807, 2.05) is 25.1 Å². The Morgan fingerprint density at radius 2 is 2.20 bits per heavy atom. The van der Waals surface area contributed by atoms with Crippen LogP contribution in [0.3, 0.4) is 0 Å². The van der Waals surface area contributed by atoms with Crippen LogP contribution in [-0.2, 0) is 4.74 Å². The van der Waals surface area contributed by atoms with Crippen LogP contribution in [0.2, 0.25) is 0 Å². The zero-order valence-electron chi connectivity index (χ0n) is 12.2. The van der Waals surface area contributed by atoms with E-state index in [1.165, 1.54) is 12.8 Å². The lowest BCUT2D eigenvalue weighted by Gasteiger charge is -2.15. The fourth-order valence-electron chi connectivity index (χ4n) is 1.98. The molecule has 0 saturated heterocycles. The van der Waals surface area contributed by atoms with Crippen molar-refractivity contribution in [3.8, 4) is 0 Å². The number of carbonyl (C=O) groups excluding carboxylic acids is 1. The third-order valence-electron chi connectivity index (χ3n) is 3.35. The number of anilines is 2. The first kappa shape index (κ1) is 14.7. The highest BCUT2D eigenvalue weighted by molar-refractivity contribution is 5.96. The molecule has 20 heavy (non-hydrogen) atoms. The summed E-state index contributed by atoms with van der Waals surface area (Å²) in [6.07, 6.45) is 2.56. The predicted molar refractivity (Wildman–Crippen MR) is 81.1 cm³/mol. The number of rotatable bonds is 7. The molecule has 0 spiro atoms. The Balaban J connectivity index is 1.77. The summed E-state index contributed by atoms with van der Waals surface area (Å²) in [6, 6.07) is 5.34. The Morgan fingerprint density at radius 1 is 1.45 bits per heavy atom. The van der Waals surface area contributed by atoms with Crippen molar-refractivity contribution in [1.29, 1.82) is 0 Å². The van der Waals surface area contributed by atoms with Crippen LogP contribution in [0.25, 0.3) is 0 Å². The monoisotopic (exact) mass is 277 g/mol. The lowest BCUT2D eigenvalue weighted by molar-refractivity contribution is 0.0906. The smallest absolute Gasteiger partial charge is 0.251 e. The van der Waals surface area contributed by atoms with E-state index in [-0.39, 0.29) is 5.91 Å². The van der Waals surface area contributed by atoms with Crippen molar-refractivity contribution in [2.75, 3.05) is 44.5 Å². The highest BCUT2D eigenvalue weighted by atomic mass is 16.5. The van der Waals surface area contributed by atoms with Gasteiger partial charge in [0.2, 0.25) is 0 Å².